The summed E-state index contributed by atoms with van der Waals surface area (Å²) in [6.07, 6.45) is -1.47. The summed E-state index contributed by atoms with van der Waals surface area (Å²) in [6.45, 7) is 3.24. The standard InChI is InChI=1S/C23H26F3N5O4/c24-23(25,26)18-4-1-15(11-20(18)31-16-2-3-17(31)14-35-13-16)12-28-7-9-29(10-8-28)22(34)30-6-5-19(27-30)21(32)33/h1,4-6,11,16-17H,2-3,7-10,12-14H2,(H,32,33)/t16-,17?/m0/s1. The normalized spacial score (nSPS) is 23.1. The van der Waals surface area contributed by atoms with Crippen LogP contribution in [0.3, 0.4) is 0 Å². The number of ether oxygens (including phenoxy) is 1. The molecule has 2 aromatic rings. The average Bonchev–Trinajstić information content (AvgIpc) is 3.41. The van der Waals surface area contributed by atoms with Gasteiger partial charge in [0.1, 0.15) is 0 Å². The molecule has 1 aromatic heterocycles. The van der Waals surface area contributed by atoms with Crippen molar-refractivity contribution >= 4 is 17.7 Å². The minimum atomic E-state index is -4.44. The average molecular weight is 493 g/mol. The highest BCUT2D eigenvalue weighted by molar-refractivity contribution is 5.86. The number of hydrogen-bond donors (Lipinski definition) is 1. The fourth-order valence-electron chi connectivity index (χ4n) is 5.20. The van der Waals surface area contributed by atoms with Crippen LogP contribution in [0, 0.1) is 0 Å². The monoisotopic (exact) mass is 493 g/mol. The number of halogens is 3. The van der Waals surface area contributed by atoms with Crippen LogP contribution in [0.4, 0.5) is 23.7 Å². The van der Waals surface area contributed by atoms with Gasteiger partial charge in [-0.25, -0.2) is 9.59 Å². The maximum absolute atomic E-state index is 13.8. The lowest BCUT2D eigenvalue weighted by atomic mass is 10.0. The summed E-state index contributed by atoms with van der Waals surface area (Å²) in [4.78, 5) is 29.2. The van der Waals surface area contributed by atoms with Crippen molar-refractivity contribution in [3.05, 3.63) is 47.3 Å². The molecule has 0 aliphatic carbocycles. The number of hydrogen-bond acceptors (Lipinski definition) is 6. The summed E-state index contributed by atoms with van der Waals surface area (Å²) in [5.74, 6) is -1.21. The topological polar surface area (TPSA) is 91.1 Å². The highest BCUT2D eigenvalue weighted by atomic mass is 19.4. The third kappa shape index (κ3) is 4.72. The molecule has 1 amide bonds. The number of fused-ring (bicyclic) bond motifs is 2. The fourth-order valence-corrected chi connectivity index (χ4v) is 5.20. The lowest BCUT2D eigenvalue weighted by molar-refractivity contribution is -0.137. The molecule has 5 rings (SSSR count). The van der Waals surface area contributed by atoms with Crippen molar-refractivity contribution < 1.29 is 32.6 Å². The predicted octanol–water partition coefficient (Wildman–Crippen LogP) is 2.75. The van der Waals surface area contributed by atoms with E-state index in [1.807, 2.05) is 4.90 Å². The Morgan fingerprint density at radius 3 is 2.34 bits per heavy atom. The number of alkyl halides is 3. The third-order valence-electron chi connectivity index (χ3n) is 6.94. The number of piperazine rings is 1. The van der Waals surface area contributed by atoms with Gasteiger partial charge in [-0.1, -0.05) is 6.07 Å². The molecule has 2 atom stereocenters. The second kappa shape index (κ2) is 9.15. The number of anilines is 1. The van der Waals surface area contributed by atoms with Crippen LogP contribution in [-0.2, 0) is 17.5 Å². The first kappa shape index (κ1) is 23.6. The number of carbonyl (C=O) groups excluding carboxylic acids is 1. The Morgan fingerprint density at radius 2 is 1.74 bits per heavy atom. The van der Waals surface area contributed by atoms with Crippen molar-refractivity contribution in [3.63, 3.8) is 0 Å². The lowest BCUT2D eigenvalue weighted by Gasteiger charge is -2.38. The van der Waals surface area contributed by atoms with Crippen molar-refractivity contribution in [3.8, 4) is 0 Å². The molecule has 35 heavy (non-hydrogen) atoms. The summed E-state index contributed by atoms with van der Waals surface area (Å²) in [7, 11) is 0. The summed E-state index contributed by atoms with van der Waals surface area (Å²) in [5, 5.41) is 12.8. The Morgan fingerprint density at radius 1 is 1.06 bits per heavy atom. The number of rotatable bonds is 4. The maximum atomic E-state index is 13.8. The molecule has 0 radical (unpaired) electrons. The van der Waals surface area contributed by atoms with E-state index in [0.29, 0.717) is 45.9 Å². The predicted molar refractivity (Wildman–Crippen MR) is 118 cm³/mol. The molecular formula is C23H26F3N5O4. The van der Waals surface area contributed by atoms with Gasteiger partial charge in [0.05, 0.1) is 30.9 Å². The van der Waals surface area contributed by atoms with E-state index in [4.69, 9.17) is 9.84 Å². The van der Waals surface area contributed by atoms with Gasteiger partial charge in [-0.3, -0.25) is 4.90 Å². The van der Waals surface area contributed by atoms with E-state index in [2.05, 4.69) is 10.00 Å². The number of carbonyl (C=O) groups is 2. The van der Waals surface area contributed by atoms with Crippen LogP contribution in [0.1, 0.15) is 34.5 Å². The molecule has 12 heteroatoms. The number of morpholine rings is 1. The van der Waals surface area contributed by atoms with Crippen molar-refractivity contribution in [1.82, 2.24) is 19.6 Å². The zero-order chi connectivity index (χ0) is 24.7. The van der Waals surface area contributed by atoms with E-state index in [9.17, 15) is 22.8 Å². The number of carboxylic acid groups (broad SMARTS) is 1. The number of aromatic carboxylic acids is 1. The molecule has 4 heterocycles. The summed E-state index contributed by atoms with van der Waals surface area (Å²) in [6, 6.07) is 5.15. The van der Waals surface area contributed by atoms with Crippen molar-refractivity contribution in [2.24, 2.45) is 0 Å². The highest BCUT2D eigenvalue weighted by Crippen LogP contribution is 2.42. The maximum Gasteiger partial charge on any atom is 0.418 e. The first-order valence-electron chi connectivity index (χ1n) is 11.6. The van der Waals surface area contributed by atoms with Crippen LogP contribution in [0.25, 0.3) is 0 Å². The quantitative estimate of drug-likeness (QED) is 0.701. The Kier molecular flexibility index (Phi) is 6.18. The Labute approximate surface area is 199 Å². The van der Waals surface area contributed by atoms with E-state index in [1.165, 1.54) is 24.4 Å². The first-order chi connectivity index (χ1) is 16.7. The minimum absolute atomic E-state index is 0.0383. The molecule has 188 valence electrons. The fraction of sp³-hybridized carbons (Fsp3) is 0.522. The van der Waals surface area contributed by atoms with E-state index in [1.54, 1.807) is 11.0 Å². The molecule has 9 nitrogen and oxygen atoms in total. The van der Waals surface area contributed by atoms with Gasteiger partial charge in [0.2, 0.25) is 0 Å². The van der Waals surface area contributed by atoms with E-state index in [0.717, 1.165) is 23.1 Å². The summed E-state index contributed by atoms with van der Waals surface area (Å²) in [5.41, 5.74) is 0.198. The lowest BCUT2D eigenvalue weighted by Crippen LogP contribution is -2.49. The zero-order valence-corrected chi connectivity index (χ0v) is 18.9. The minimum Gasteiger partial charge on any atom is -0.476 e. The Balaban J connectivity index is 1.27. The van der Waals surface area contributed by atoms with Gasteiger partial charge < -0.3 is 19.6 Å². The number of nitrogens with zero attached hydrogens (tertiary/aromatic N) is 5. The van der Waals surface area contributed by atoms with Crippen LogP contribution in [0.15, 0.2) is 30.5 Å². The summed E-state index contributed by atoms with van der Waals surface area (Å²) < 4.78 is 48.1. The van der Waals surface area contributed by atoms with Gasteiger partial charge in [0.15, 0.2) is 5.69 Å². The second-order valence-electron chi connectivity index (χ2n) is 9.18. The molecule has 2 bridgehead atoms. The van der Waals surface area contributed by atoms with E-state index < -0.39 is 23.7 Å². The highest BCUT2D eigenvalue weighted by Gasteiger charge is 2.42. The summed E-state index contributed by atoms with van der Waals surface area (Å²) >= 11 is 0. The van der Waals surface area contributed by atoms with Gasteiger partial charge in [-0.2, -0.15) is 23.0 Å². The molecule has 1 N–H and O–H groups in total. The zero-order valence-electron chi connectivity index (χ0n) is 18.9. The molecule has 0 spiro atoms. The number of carboxylic acids is 1. The molecular weight excluding hydrogens is 467 g/mol. The molecule has 1 unspecified atom stereocenters. The van der Waals surface area contributed by atoms with Crippen LogP contribution in [0.5, 0.6) is 0 Å². The third-order valence-corrected chi connectivity index (χ3v) is 6.94. The molecule has 3 fully saturated rings. The van der Waals surface area contributed by atoms with Crippen LogP contribution < -0.4 is 4.90 Å². The van der Waals surface area contributed by atoms with Crippen molar-refractivity contribution in [1.29, 1.82) is 0 Å². The van der Waals surface area contributed by atoms with Crippen molar-refractivity contribution in [2.75, 3.05) is 44.3 Å². The Hall–Kier alpha value is -3.12. The van der Waals surface area contributed by atoms with Crippen molar-refractivity contribution in [2.45, 2.75) is 37.6 Å². The molecule has 3 saturated heterocycles. The number of benzene rings is 1. The first-order valence-corrected chi connectivity index (χ1v) is 11.6. The second-order valence-corrected chi connectivity index (χ2v) is 9.18. The molecule has 1 aromatic carbocycles. The van der Waals surface area contributed by atoms with Crippen LogP contribution in [-0.4, -0.2) is 88.2 Å². The van der Waals surface area contributed by atoms with E-state index in [-0.39, 0.29) is 23.5 Å². The van der Waals surface area contributed by atoms with Crippen LogP contribution in [0.2, 0.25) is 0 Å². The van der Waals surface area contributed by atoms with Crippen LogP contribution >= 0.6 is 0 Å². The SMILES string of the molecule is O=C(O)c1ccn(C(=O)N2CCN(Cc3ccc(C(F)(F)F)c(N4C5CC[C@H]4COC5)c3)CC2)n1. The molecule has 3 aliphatic heterocycles. The molecule has 0 saturated carbocycles. The van der Waals surface area contributed by atoms with Gasteiger partial charge in [0.25, 0.3) is 0 Å². The van der Waals surface area contributed by atoms with Gasteiger partial charge in [-0.05, 0) is 36.6 Å². The van der Waals surface area contributed by atoms with Gasteiger partial charge >= 0.3 is 18.2 Å². The number of aromatic nitrogens is 2. The van der Waals surface area contributed by atoms with Gasteiger partial charge in [-0.15, -0.1) is 0 Å². The largest absolute Gasteiger partial charge is 0.476 e. The smallest absolute Gasteiger partial charge is 0.418 e. The number of amides is 1. The Bertz CT molecular complexity index is 1100. The molecule has 3 aliphatic rings. The van der Waals surface area contributed by atoms with Gasteiger partial charge in [0, 0.05) is 44.6 Å². The van der Waals surface area contributed by atoms with E-state index >= 15 is 0 Å².